The number of fused-ring (bicyclic) bond motifs is 1. The highest BCUT2D eigenvalue weighted by molar-refractivity contribution is 5.99. The summed E-state index contributed by atoms with van der Waals surface area (Å²) in [6, 6.07) is 8.96. The fourth-order valence-electron chi connectivity index (χ4n) is 2.37. The Hall–Kier alpha value is -3.95. The third kappa shape index (κ3) is 4.23. The Balaban J connectivity index is 1.62. The van der Waals surface area contributed by atoms with Gasteiger partial charge in [-0.2, -0.15) is 0 Å². The van der Waals surface area contributed by atoms with Crippen molar-refractivity contribution in [3.63, 3.8) is 0 Å². The Morgan fingerprint density at radius 3 is 2.29 bits per heavy atom. The number of amides is 3. The van der Waals surface area contributed by atoms with E-state index in [1.165, 1.54) is 31.4 Å². The van der Waals surface area contributed by atoms with Crippen molar-refractivity contribution in [3.8, 4) is 23.0 Å². The van der Waals surface area contributed by atoms with Crippen molar-refractivity contribution in [1.82, 2.24) is 10.9 Å². The molecule has 0 fully saturated rings. The van der Waals surface area contributed by atoms with Gasteiger partial charge in [-0.05, 0) is 36.4 Å². The second kappa shape index (κ2) is 8.16. The van der Waals surface area contributed by atoms with Crippen molar-refractivity contribution in [2.24, 2.45) is 5.73 Å². The molecule has 4 N–H and O–H groups in total. The molecule has 3 rings (SSSR count). The first kappa shape index (κ1) is 18.8. The first-order valence-electron chi connectivity index (χ1n) is 8.07. The first-order chi connectivity index (χ1) is 13.5. The minimum Gasteiger partial charge on any atom is -0.493 e. The van der Waals surface area contributed by atoms with Gasteiger partial charge in [0.15, 0.2) is 29.6 Å². The second-order valence-electron chi connectivity index (χ2n) is 5.60. The van der Waals surface area contributed by atoms with Crippen LogP contribution < -0.4 is 35.5 Å². The minimum absolute atomic E-state index is 0.0954. The van der Waals surface area contributed by atoms with Crippen LogP contribution in [0, 0.1) is 0 Å². The van der Waals surface area contributed by atoms with Crippen molar-refractivity contribution < 1.29 is 33.3 Å². The second-order valence-corrected chi connectivity index (χ2v) is 5.60. The number of primary amides is 1. The van der Waals surface area contributed by atoms with Crippen LogP contribution in [-0.4, -0.2) is 38.2 Å². The molecule has 0 saturated carbocycles. The molecular formula is C18H17N3O7. The smallest absolute Gasteiger partial charge is 0.269 e. The molecule has 0 spiro atoms. The largest absolute Gasteiger partial charge is 0.493 e. The normalized spacial score (nSPS) is 11.5. The summed E-state index contributed by atoms with van der Waals surface area (Å²) in [5.74, 6) is -0.260. The lowest BCUT2D eigenvalue weighted by atomic mass is 10.2. The van der Waals surface area contributed by atoms with Crippen molar-refractivity contribution >= 4 is 17.7 Å². The molecule has 146 valence electrons. The number of nitrogens with two attached hydrogens (primary N) is 1. The van der Waals surface area contributed by atoms with Gasteiger partial charge in [-0.3, -0.25) is 25.2 Å². The number of ether oxygens (including phenoxy) is 4. The van der Waals surface area contributed by atoms with E-state index in [0.717, 1.165) is 0 Å². The summed E-state index contributed by atoms with van der Waals surface area (Å²) >= 11 is 0. The van der Waals surface area contributed by atoms with E-state index in [9.17, 15) is 14.4 Å². The van der Waals surface area contributed by atoms with E-state index >= 15 is 0 Å². The molecule has 10 nitrogen and oxygen atoms in total. The molecule has 3 amide bonds. The van der Waals surface area contributed by atoms with E-state index in [0.29, 0.717) is 11.5 Å². The molecule has 0 bridgehead atoms. The molecule has 1 heterocycles. The zero-order chi connectivity index (χ0) is 20.1. The zero-order valence-corrected chi connectivity index (χ0v) is 14.8. The van der Waals surface area contributed by atoms with Crippen LogP contribution in [0.5, 0.6) is 23.0 Å². The Kier molecular flexibility index (Phi) is 5.49. The summed E-state index contributed by atoms with van der Waals surface area (Å²) in [7, 11) is 1.38. The van der Waals surface area contributed by atoms with Gasteiger partial charge in [-0.25, -0.2) is 0 Å². The van der Waals surface area contributed by atoms with Gasteiger partial charge in [0.2, 0.25) is 6.79 Å². The number of carbonyl (C=O) groups excluding carboxylic acids is 3. The zero-order valence-electron chi connectivity index (χ0n) is 14.8. The lowest BCUT2D eigenvalue weighted by Gasteiger charge is -2.12. The lowest BCUT2D eigenvalue weighted by Crippen LogP contribution is -2.41. The highest BCUT2D eigenvalue weighted by Gasteiger charge is 2.17. The summed E-state index contributed by atoms with van der Waals surface area (Å²) in [4.78, 5) is 35.3. The molecule has 2 aromatic carbocycles. The summed E-state index contributed by atoms with van der Waals surface area (Å²) in [6.07, 6.45) is 0. The molecule has 10 heteroatoms. The van der Waals surface area contributed by atoms with Gasteiger partial charge in [0.1, 0.15) is 0 Å². The van der Waals surface area contributed by atoms with Gasteiger partial charge in [0.05, 0.1) is 7.11 Å². The third-order valence-electron chi connectivity index (χ3n) is 3.72. The van der Waals surface area contributed by atoms with E-state index in [4.69, 9.17) is 24.7 Å². The number of carbonyl (C=O) groups is 3. The van der Waals surface area contributed by atoms with Gasteiger partial charge in [-0.1, -0.05) is 0 Å². The van der Waals surface area contributed by atoms with Crippen LogP contribution in [0.25, 0.3) is 0 Å². The predicted octanol–water partition coefficient (Wildman–Crippen LogP) is 0.363. The van der Waals surface area contributed by atoms with E-state index < -0.39 is 17.7 Å². The van der Waals surface area contributed by atoms with Crippen molar-refractivity contribution in [2.75, 3.05) is 20.5 Å². The van der Waals surface area contributed by atoms with Crippen molar-refractivity contribution in [3.05, 3.63) is 47.5 Å². The van der Waals surface area contributed by atoms with Crippen LogP contribution >= 0.6 is 0 Å². The van der Waals surface area contributed by atoms with Crippen LogP contribution in [0.1, 0.15) is 20.7 Å². The van der Waals surface area contributed by atoms with Crippen molar-refractivity contribution in [2.45, 2.75) is 0 Å². The number of methoxy groups -OCH3 is 1. The van der Waals surface area contributed by atoms with Gasteiger partial charge >= 0.3 is 0 Å². The van der Waals surface area contributed by atoms with Crippen LogP contribution in [0.15, 0.2) is 36.4 Å². The van der Waals surface area contributed by atoms with Crippen molar-refractivity contribution in [1.29, 1.82) is 0 Å². The van der Waals surface area contributed by atoms with Crippen LogP contribution in [-0.2, 0) is 4.79 Å². The topological polar surface area (TPSA) is 138 Å². The molecule has 2 aromatic rings. The Bertz CT molecular complexity index is 929. The fourth-order valence-corrected chi connectivity index (χ4v) is 2.37. The highest BCUT2D eigenvalue weighted by atomic mass is 16.7. The molecular weight excluding hydrogens is 370 g/mol. The SMILES string of the molecule is COc1cc(C(=O)NNC(=O)c2ccc3c(c2)OCO3)ccc1OCC(N)=O. The molecule has 0 saturated heterocycles. The maximum Gasteiger partial charge on any atom is 0.269 e. The number of hydrazine groups is 1. The summed E-state index contributed by atoms with van der Waals surface area (Å²) in [5, 5.41) is 0. The van der Waals surface area contributed by atoms with Gasteiger partial charge in [0.25, 0.3) is 17.7 Å². The number of rotatable bonds is 6. The quantitative estimate of drug-likeness (QED) is 0.609. The average Bonchev–Trinajstić information content (AvgIpc) is 3.17. The van der Waals surface area contributed by atoms with E-state index in [-0.39, 0.29) is 36.0 Å². The Morgan fingerprint density at radius 1 is 0.964 bits per heavy atom. The van der Waals surface area contributed by atoms with Gasteiger partial charge in [0, 0.05) is 11.1 Å². The summed E-state index contributed by atoms with van der Waals surface area (Å²) in [6.45, 7) is -0.231. The van der Waals surface area contributed by atoms with E-state index in [2.05, 4.69) is 10.9 Å². The average molecular weight is 387 g/mol. The molecule has 28 heavy (non-hydrogen) atoms. The molecule has 0 aromatic heterocycles. The minimum atomic E-state index is -0.643. The first-order valence-corrected chi connectivity index (χ1v) is 8.07. The number of hydrogen-bond acceptors (Lipinski definition) is 7. The molecule has 0 atom stereocenters. The molecule has 1 aliphatic heterocycles. The molecule has 1 aliphatic rings. The Labute approximate surface area is 159 Å². The highest BCUT2D eigenvalue weighted by Crippen LogP contribution is 2.32. The van der Waals surface area contributed by atoms with Crippen LogP contribution in [0.3, 0.4) is 0 Å². The van der Waals surface area contributed by atoms with E-state index in [1.54, 1.807) is 12.1 Å². The van der Waals surface area contributed by atoms with Crippen LogP contribution in [0.4, 0.5) is 0 Å². The maximum absolute atomic E-state index is 12.3. The fraction of sp³-hybridized carbons (Fsp3) is 0.167. The lowest BCUT2D eigenvalue weighted by molar-refractivity contribution is -0.119. The van der Waals surface area contributed by atoms with Gasteiger partial charge < -0.3 is 24.7 Å². The third-order valence-corrected chi connectivity index (χ3v) is 3.72. The summed E-state index contributed by atoms with van der Waals surface area (Å²) in [5.41, 5.74) is 10.1. The number of hydrogen-bond donors (Lipinski definition) is 3. The molecule has 0 radical (unpaired) electrons. The summed E-state index contributed by atoms with van der Waals surface area (Å²) < 4.78 is 20.7. The van der Waals surface area contributed by atoms with E-state index in [1.807, 2.05) is 0 Å². The number of nitrogens with one attached hydrogen (secondary N) is 2. The molecule has 0 aliphatic carbocycles. The standard InChI is InChI=1S/C18H17N3O7/c1-25-14-6-10(2-4-12(14)26-8-16(19)22)17(23)20-21-18(24)11-3-5-13-15(7-11)28-9-27-13/h2-7H,8-9H2,1H3,(H2,19,22)(H,20,23)(H,21,24). The Morgan fingerprint density at radius 2 is 1.61 bits per heavy atom. The predicted molar refractivity (Wildman–Crippen MR) is 95.2 cm³/mol. The van der Waals surface area contributed by atoms with Crippen LogP contribution in [0.2, 0.25) is 0 Å². The maximum atomic E-state index is 12.3. The molecule has 0 unspecified atom stereocenters. The monoisotopic (exact) mass is 387 g/mol. The van der Waals surface area contributed by atoms with Gasteiger partial charge in [-0.15, -0.1) is 0 Å². The number of benzene rings is 2.